The van der Waals surface area contributed by atoms with Crippen molar-refractivity contribution in [1.82, 2.24) is 4.31 Å². The van der Waals surface area contributed by atoms with Gasteiger partial charge in [0.05, 0.1) is 10.5 Å². The molecule has 0 bridgehead atoms. The van der Waals surface area contributed by atoms with E-state index in [1.54, 1.807) is 19.2 Å². The van der Waals surface area contributed by atoms with Crippen molar-refractivity contribution in [2.45, 2.75) is 36.7 Å². The second kappa shape index (κ2) is 6.44. The van der Waals surface area contributed by atoms with E-state index in [4.69, 9.17) is 10.5 Å². The molecule has 1 heterocycles. The molecule has 5 nitrogen and oxygen atoms in total. The Hall–Kier alpha value is -0.950. The smallest absolute Gasteiger partial charge is 0.243 e. The van der Waals surface area contributed by atoms with Gasteiger partial charge in [-0.25, -0.2) is 8.42 Å². The molecule has 1 aromatic carbocycles. The highest BCUT2D eigenvalue weighted by molar-refractivity contribution is 7.89. The van der Waals surface area contributed by atoms with Gasteiger partial charge < -0.3 is 10.5 Å². The number of piperidine rings is 1. The highest BCUT2D eigenvalue weighted by Gasteiger charge is 2.36. The molecule has 0 aliphatic carbocycles. The van der Waals surface area contributed by atoms with Crippen molar-refractivity contribution in [3.63, 3.8) is 0 Å². The SMILES string of the molecule is COC1(C)CCCN(S(=O)(=O)c2ccc(CCN)cc2)C1. The van der Waals surface area contributed by atoms with E-state index in [9.17, 15) is 8.42 Å². The summed E-state index contributed by atoms with van der Waals surface area (Å²) in [7, 11) is -1.82. The van der Waals surface area contributed by atoms with Crippen molar-refractivity contribution in [2.75, 3.05) is 26.7 Å². The van der Waals surface area contributed by atoms with E-state index in [0.29, 0.717) is 24.5 Å². The van der Waals surface area contributed by atoms with Crippen molar-refractivity contribution in [1.29, 1.82) is 0 Å². The summed E-state index contributed by atoms with van der Waals surface area (Å²) in [5, 5.41) is 0. The van der Waals surface area contributed by atoms with Gasteiger partial charge >= 0.3 is 0 Å². The first-order valence-electron chi connectivity index (χ1n) is 7.26. The summed E-state index contributed by atoms with van der Waals surface area (Å²) in [5.41, 5.74) is 6.16. The number of hydrogen-bond acceptors (Lipinski definition) is 4. The van der Waals surface area contributed by atoms with Crippen LogP contribution in [0.15, 0.2) is 29.2 Å². The Bertz CT molecular complexity index is 571. The van der Waals surface area contributed by atoms with Crippen molar-refractivity contribution in [3.8, 4) is 0 Å². The van der Waals surface area contributed by atoms with Gasteiger partial charge in [0.25, 0.3) is 0 Å². The predicted molar refractivity (Wildman–Crippen MR) is 82.6 cm³/mol. The van der Waals surface area contributed by atoms with Gasteiger partial charge in [0.1, 0.15) is 0 Å². The fourth-order valence-electron chi connectivity index (χ4n) is 2.68. The first kappa shape index (κ1) is 16.4. The molecule has 21 heavy (non-hydrogen) atoms. The molecule has 2 rings (SSSR count). The summed E-state index contributed by atoms with van der Waals surface area (Å²) in [4.78, 5) is 0.337. The Morgan fingerprint density at radius 1 is 1.33 bits per heavy atom. The van der Waals surface area contributed by atoms with Gasteiger partial charge in [0.15, 0.2) is 0 Å². The molecule has 0 radical (unpaired) electrons. The van der Waals surface area contributed by atoms with Crippen LogP contribution in [0, 0.1) is 0 Å². The zero-order chi connectivity index (χ0) is 15.5. The minimum atomic E-state index is -3.45. The zero-order valence-electron chi connectivity index (χ0n) is 12.7. The molecule has 1 atom stereocenters. The molecule has 0 saturated carbocycles. The molecule has 1 aliphatic heterocycles. The Kier molecular flexibility index (Phi) is 5.03. The van der Waals surface area contributed by atoms with Gasteiger partial charge in [0.2, 0.25) is 10.0 Å². The van der Waals surface area contributed by atoms with Crippen LogP contribution in [0.1, 0.15) is 25.3 Å². The first-order chi connectivity index (χ1) is 9.91. The normalized spacial score (nSPS) is 24.1. The highest BCUT2D eigenvalue weighted by atomic mass is 32.2. The average molecular weight is 312 g/mol. The monoisotopic (exact) mass is 312 g/mol. The van der Waals surface area contributed by atoms with E-state index in [2.05, 4.69) is 0 Å². The van der Waals surface area contributed by atoms with Gasteiger partial charge in [-0.3, -0.25) is 0 Å². The summed E-state index contributed by atoms with van der Waals surface area (Å²) < 4.78 is 32.4. The Labute approximate surface area is 127 Å². The van der Waals surface area contributed by atoms with Crippen LogP contribution in [0.3, 0.4) is 0 Å². The molecule has 1 aliphatic rings. The molecular formula is C15H24N2O3S. The quantitative estimate of drug-likeness (QED) is 0.891. The van der Waals surface area contributed by atoms with Crippen LogP contribution < -0.4 is 5.73 Å². The van der Waals surface area contributed by atoms with Crippen LogP contribution in [-0.4, -0.2) is 45.1 Å². The van der Waals surface area contributed by atoms with Crippen LogP contribution in [0.4, 0.5) is 0 Å². The number of nitrogens with zero attached hydrogens (tertiary/aromatic N) is 1. The van der Waals surface area contributed by atoms with Crippen LogP contribution in [0.5, 0.6) is 0 Å². The van der Waals surface area contributed by atoms with Gasteiger partial charge in [-0.15, -0.1) is 0 Å². The van der Waals surface area contributed by atoms with Gasteiger partial charge in [-0.1, -0.05) is 12.1 Å². The number of ether oxygens (including phenoxy) is 1. The van der Waals surface area contributed by atoms with Crippen molar-refractivity contribution in [3.05, 3.63) is 29.8 Å². The fourth-order valence-corrected chi connectivity index (χ4v) is 4.27. The molecule has 1 saturated heterocycles. The minimum absolute atomic E-state index is 0.337. The number of hydrogen-bond donors (Lipinski definition) is 1. The maximum Gasteiger partial charge on any atom is 0.243 e. The van der Waals surface area contributed by atoms with Gasteiger partial charge in [-0.05, 0) is 50.4 Å². The van der Waals surface area contributed by atoms with Crippen molar-refractivity contribution >= 4 is 10.0 Å². The maximum absolute atomic E-state index is 12.7. The molecule has 6 heteroatoms. The standard InChI is InChI=1S/C15H24N2O3S/c1-15(20-2)9-3-11-17(12-15)21(18,19)14-6-4-13(5-7-14)8-10-16/h4-7H,3,8-12,16H2,1-2H3. The van der Waals surface area contributed by atoms with Crippen molar-refractivity contribution < 1.29 is 13.2 Å². The Morgan fingerprint density at radius 2 is 2.00 bits per heavy atom. The predicted octanol–water partition coefficient (Wildman–Crippen LogP) is 1.38. The third-order valence-electron chi connectivity index (χ3n) is 4.11. The molecular weight excluding hydrogens is 288 g/mol. The molecule has 2 N–H and O–H groups in total. The van der Waals surface area contributed by atoms with E-state index in [1.165, 1.54) is 4.31 Å². The molecule has 1 aromatic rings. The number of sulfonamides is 1. The van der Waals surface area contributed by atoms with Crippen LogP contribution in [-0.2, 0) is 21.2 Å². The number of methoxy groups -OCH3 is 1. The largest absolute Gasteiger partial charge is 0.377 e. The lowest BCUT2D eigenvalue weighted by molar-refractivity contribution is -0.0319. The molecule has 118 valence electrons. The fraction of sp³-hybridized carbons (Fsp3) is 0.600. The summed E-state index contributed by atoms with van der Waals surface area (Å²) in [6, 6.07) is 7.00. The highest BCUT2D eigenvalue weighted by Crippen LogP contribution is 2.28. The third-order valence-corrected chi connectivity index (χ3v) is 5.97. The zero-order valence-corrected chi connectivity index (χ0v) is 13.5. The summed E-state index contributed by atoms with van der Waals surface area (Å²) in [6.45, 7) is 3.46. The van der Waals surface area contributed by atoms with E-state index >= 15 is 0 Å². The second-order valence-electron chi connectivity index (χ2n) is 5.78. The number of benzene rings is 1. The molecule has 0 amide bonds. The van der Waals surface area contributed by atoms with Crippen molar-refractivity contribution in [2.24, 2.45) is 5.73 Å². The number of nitrogens with two attached hydrogens (primary N) is 1. The average Bonchev–Trinajstić information content (AvgIpc) is 2.48. The minimum Gasteiger partial charge on any atom is -0.377 e. The number of rotatable bonds is 5. The van der Waals surface area contributed by atoms with Crippen LogP contribution in [0.2, 0.25) is 0 Å². The van der Waals surface area contributed by atoms with Gasteiger partial charge in [0, 0.05) is 20.2 Å². The summed E-state index contributed by atoms with van der Waals surface area (Å²) in [5.74, 6) is 0. The third kappa shape index (κ3) is 3.63. The van der Waals surface area contributed by atoms with Crippen LogP contribution in [0.25, 0.3) is 0 Å². The molecule has 0 aromatic heterocycles. The van der Waals surface area contributed by atoms with Crippen LogP contribution >= 0.6 is 0 Å². The lowest BCUT2D eigenvalue weighted by Crippen LogP contribution is -2.49. The Morgan fingerprint density at radius 3 is 2.57 bits per heavy atom. The lowest BCUT2D eigenvalue weighted by Gasteiger charge is -2.38. The summed E-state index contributed by atoms with van der Waals surface area (Å²) >= 11 is 0. The lowest BCUT2D eigenvalue weighted by atomic mass is 9.96. The van der Waals surface area contributed by atoms with Gasteiger partial charge in [-0.2, -0.15) is 4.31 Å². The maximum atomic E-state index is 12.7. The molecule has 0 spiro atoms. The molecule has 1 unspecified atom stereocenters. The topological polar surface area (TPSA) is 72.6 Å². The van der Waals surface area contributed by atoms with E-state index in [0.717, 1.165) is 24.8 Å². The van der Waals surface area contributed by atoms with E-state index in [1.807, 2.05) is 19.1 Å². The summed E-state index contributed by atoms with van der Waals surface area (Å²) in [6.07, 6.45) is 2.45. The molecule has 1 fully saturated rings. The second-order valence-corrected chi connectivity index (χ2v) is 7.72. The van der Waals surface area contributed by atoms with E-state index in [-0.39, 0.29) is 0 Å². The first-order valence-corrected chi connectivity index (χ1v) is 8.70. The Balaban J connectivity index is 2.21. The van der Waals surface area contributed by atoms with E-state index < -0.39 is 15.6 Å².